The minimum absolute atomic E-state index is 0.120. The van der Waals surface area contributed by atoms with E-state index < -0.39 is 5.38 Å². The van der Waals surface area contributed by atoms with Gasteiger partial charge in [-0.3, -0.25) is 14.2 Å². The second-order valence-corrected chi connectivity index (χ2v) is 6.32. The highest BCUT2D eigenvalue weighted by Gasteiger charge is 2.17. The molecule has 3 rings (SSSR count). The standard InChI is InChI=1S/C17H13Cl2NO2/c1-9(18)17(22)11-3-5-13-14-8-12(19)4-6-15(14)20(10(2)21)16(13)7-11/h3-9H,1-2H3/t9-/m0/s1. The van der Waals surface area contributed by atoms with Gasteiger partial charge in [0.05, 0.1) is 16.4 Å². The van der Waals surface area contributed by atoms with Gasteiger partial charge in [0.25, 0.3) is 0 Å². The number of alkyl halides is 1. The van der Waals surface area contributed by atoms with E-state index >= 15 is 0 Å². The highest BCUT2D eigenvalue weighted by atomic mass is 35.5. The van der Waals surface area contributed by atoms with E-state index in [4.69, 9.17) is 23.2 Å². The zero-order valence-electron chi connectivity index (χ0n) is 12.1. The molecule has 0 aliphatic rings. The van der Waals surface area contributed by atoms with Crippen molar-refractivity contribution in [2.45, 2.75) is 19.2 Å². The Kier molecular flexibility index (Phi) is 3.71. The smallest absolute Gasteiger partial charge is 0.228 e. The average molecular weight is 334 g/mol. The number of ketones is 1. The lowest BCUT2D eigenvalue weighted by molar-refractivity contribution is 0.0944. The molecule has 0 saturated carbocycles. The van der Waals surface area contributed by atoms with E-state index in [-0.39, 0.29) is 11.7 Å². The monoisotopic (exact) mass is 333 g/mol. The Morgan fingerprint density at radius 2 is 1.77 bits per heavy atom. The SMILES string of the molecule is CC(=O)n1c2ccc(Cl)cc2c2ccc(C(=O)[C@H](C)Cl)cc21. The van der Waals surface area contributed by atoms with Crippen molar-refractivity contribution in [3.63, 3.8) is 0 Å². The van der Waals surface area contributed by atoms with Crippen LogP contribution in [0.3, 0.4) is 0 Å². The molecule has 0 saturated heterocycles. The summed E-state index contributed by atoms with van der Waals surface area (Å²) in [6.45, 7) is 3.13. The van der Waals surface area contributed by atoms with Crippen LogP contribution in [-0.2, 0) is 0 Å². The van der Waals surface area contributed by atoms with E-state index in [0.29, 0.717) is 16.1 Å². The highest BCUT2D eigenvalue weighted by Crippen LogP contribution is 2.32. The van der Waals surface area contributed by atoms with Crippen LogP contribution in [0, 0.1) is 0 Å². The van der Waals surface area contributed by atoms with Gasteiger partial charge in [-0.05, 0) is 31.2 Å². The van der Waals surface area contributed by atoms with Crippen LogP contribution < -0.4 is 0 Å². The highest BCUT2D eigenvalue weighted by molar-refractivity contribution is 6.34. The number of benzene rings is 2. The van der Waals surface area contributed by atoms with Crippen LogP contribution in [0.25, 0.3) is 21.8 Å². The fourth-order valence-electron chi connectivity index (χ4n) is 2.72. The van der Waals surface area contributed by atoms with Crippen molar-refractivity contribution < 1.29 is 9.59 Å². The molecule has 1 heterocycles. The van der Waals surface area contributed by atoms with Crippen molar-refractivity contribution in [2.75, 3.05) is 0 Å². The van der Waals surface area contributed by atoms with Crippen LogP contribution in [-0.4, -0.2) is 21.6 Å². The Hall–Kier alpha value is -1.84. The topological polar surface area (TPSA) is 39.1 Å². The molecule has 112 valence electrons. The second kappa shape index (κ2) is 5.41. The number of carbonyl (C=O) groups is 2. The van der Waals surface area contributed by atoms with Gasteiger partial charge >= 0.3 is 0 Å². The number of nitrogens with zero attached hydrogens (tertiary/aromatic N) is 1. The lowest BCUT2D eigenvalue weighted by atomic mass is 10.1. The summed E-state index contributed by atoms with van der Waals surface area (Å²) in [4.78, 5) is 24.1. The van der Waals surface area contributed by atoms with Crippen LogP contribution in [0.2, 0.25) is 5.02 Å². The summed E-state index contributed by atoms with van der Waals surface area (Å²) in [5.74, 6) is -0.284. The van der Waals surface area contributed by atoms with Gasteiger partial charge in [-0.25, -0.2) is 0 Å². The number of rotatable bonds is 2. The van der Waals surface area contributed by atoms with Crippen LogP contribution in [0.5, 0.6) is 0 Å². The van der Waals surface area contributed by atoms with Gasteiger partial charge in [0.2, 0.25) is 5.91 Å². The summed E-state index contributed by atoms with van der Waals surface area (Å²) in [6, 6.07) is 10.7. The first-order chi connectivity index (χ1) is 10.4. The lowest BCUT2D eigenvalue weighted by Gasteiger charge is -2.05. The zero-order valence-corrected chi connectivity index (χ0v) is 13.6. The van der Waals surface area contributed by atoms with E-state index in [1.807, 2.05) is 18.2 Å². The van der Waals surface area contributed by atoms with Crippen molar-refractivity contribution in [3.05, 3.63) is 47.0 Å². The molecule has 3 aromatic rings. The molecule has 3 nitrogen and oxygen atoms in total. The molecule has 0 amide bonds. The molecule has 0 aliphatic heterocycles. The molecule has 0 bridgehead atoms. The van der Waals surface area contributed by atoms with E-state index in [9.17, 15) is 9.59 Å². The predicted molar refractivity (Wildman–Crippen MR) is 90.4 cm³/mol. The predicted octanol–water partition coefficient (Wildman–Crippen LogP) is 4.92. The maximum Gasteiger partial charge on any atom is 0.228 e. The summed E-state index contributed by atoms with van der Waals surface area (Å²) >= 11 is 11.9. The molecule has 0 N–H and O–H groups in total. The van der Waals surface area contributed by atoms with Crippen LogP contribution in [0.4, 0.5) is 0 Å². The number of hydrogen-bond acceptors (Lipinski definition) is 2. The number of Topliss-reactive ketones (excluding diaryl/α,β-unsaturated/α-hetero) is 1. The van der Waals surface area contributed by atoms with Crippen molar-refractivity contribution in [3.8, 4) is 0 Å². The third-order valence-corrected chi connectivity index (χ3v) is 4.12. The van der Waals surface area contributed by atoms with Crippen molar-refractivity contribution in [1.82, 2.24) is 4.57 Å². The van der Waals surface area contributed by atoms with Crippen molar-refractivity contribution in [1.29, 1.82) is 0 Å². The fraction of sp³-hybridized carbons (Fsp3) is 0.176. The maximum absolute atomic E-state index is 12.1. The number of aromatic nitrogens is 1. The third kappa shape index (κ3) is 2.31. The first-order valence-corrected chi connectivity index (χ1v) is 7.64. The summed E-state index contributed by atoms with van der Waals surface area (Å²) in [7, 11) is 0. The van der Waals surface area contributed by atoms with Gasteiger partial charge in [-0.1, -0.05) is 23.7 Å². The summed E-state index contributed by atoms with van der Waals surface area (Å²) < 4.78 is 1.59. The molecule has 1 atom stereocenters. The quantitative estimate of drug-likeness (QED) is 0.493. The molecule has 0 aliphatic carbocycles. The Balaban J connectivity index is 2.41. The minimum atomic E-state index is -0.609. The number of halogens is 2. The maximum atomic E-state index is 12.1. The summed E-state index contributed by atoms with van der Waals surface area (Å²) in [6.07, 6.45) is 0. The summed E-state index contributed by atoms with van der Waals surface area (Å²) in [5, 5.41) is 1.76. The van der Waals surface area contributed by atoms with E-state index in [1.165, 1.54) is 6.92 Å². The Labute approximate surface area is 137 Å². The zero-order chi connectivity index (χ0) is 16.0. The number of fused-ring (bicyclic) bond motifs is 3. The number of hydrogen-bond donors (Lipinski definition) is 0. The third-order valence-electron chi connectivity index (χ3n) is 3.69. The van der Waals surface area contributed by atoms with Gasteiger partial charge in [-0.2, -0.15) is 0 Å². The van der Waals surface area contributed by atoms with E-state index in [0.717, 1.165) is 16.3 Å². The first kappa shape index (κ1) is 15.1. The van der Waals surface area contributed by atoms with Gasteiger partial charge in [0.15, 0.2) is 5.78 Å². The van der Waals surface area contributed by atoms with E-state index in [1.54, 1.807) is 29.7 Å². The average Bonchev–Trinajstić information content (AvgIpc) is 2.79. The van der Waals surface area contributed by atoms with Gasteiger partial charge in [-0.15, -0.1) is 11.6 Å². The second-order valence-electron chi connectivity index (χ2n) is 5.23. The van der Waals surface area contributed by atoms with Gasteiger partial charge < -0.3 is 0 Å². The fourth-order valence-corrected chi connectivity index (χ4v) is 3.01. The summed E-state index contributed by atoms with van der Waals surface area (Å²) in [5.41, 5.74) is 1.95. The largest absolute Gasteiger partial charge is 0.293 e. The van der Waals surface area contributed by atoms with Crippen LogP contribution in [0.15, 0.2) is 36.4 Å². The van der Waals surface area contributed by atoms with Crippen molar-refractivity contribution in [2.24, 2.45) is 0 Å². The molecule has 2 aromatic carbocycles. The molecule has 0 fully saturated rings. The van der Waals surface area contributed by atoms with Gasteiger partial charge in [0.1, 0.15) is 0 Å². The number of carbonyl (C=O) groups excluding carboxylic acids is 2. The Morgan fingerprint density at radius 1 is 1.05 bits per heavy atom. The minimum Gasteiger partial charge on any atom is -0.293 e. The van der Waals surface area contributed by atoms with Crippen molar-refractivity contribution >= 4 is 56.7 Å². The Morgan fingerprint density at radius 3 is 2.41 bits per heavy atom. The molecule has 0 radical (unpaired) electrons. The molecular formula is C17H13Cl2NO2. The molecule has 0 unspecified atom stereocenters. The molecule has 22 heavy (non-hydrogen) atoms. The van der Waals surface area contributed by atoms with Crippen LogP contribution in [0.1, 0.15) is 29.0 Å². The molecule has 1 aromatic heterocycles. The van der Waals surface area contributed by atoms with E-state index in [2.05, 4.69) is 0 Å². The normalized spacial score (nSPS) is 12.7. The first-order valence-electron chi connectivity index (χ1n) is 6.83. The molecule has 0 spiro atoms. The van der Waals surface area contributed by atoms with Crippen LogP contribution >= 0.6 is 23.2 Å². The molecular weight excluding hydrogens is 321 g/mol. The molecule has 5 heteroatoms. The Bertz CT molecular complexity index is 925. The van der Waals surface area contributed by atoms with Gasteiger partial charge in [0, 0.05) is 28.3 Å². The lowest BCUT2D eigenvalue weighted by Crippen LogP contribution is -2.11.